The van der Waals surface area contributed by atoms with Gasteiger partial charge < -0.3 is 25.3 Å². The lowest BCUT2D eigenvalue weighted by molar-refractivity contribution is -0.0745. The molecule has 0 saturated carbocycles. The molecule has 1 aliphatic heterocycles. The van der Waals surface area contributed by atoms with Crippen molar-refractivity contribution in [3.05, 3.63) is 46.5 Å². The van der Waals surface area contributed by atoms with E-state index in [4.69, 9.17) is 19.9 Å². The van der Waals surface area contributed by atoms with Crippen LogP contribution in [0.5, 0.6) is 5.75 Å². The van der Waals surface area contributed by atoms with Crippen molar-refractivity contribution in [1.29, 1.82) is 0 Å². The van der Waals surface area contributed by atoms with Crippen LogP contribution in [-0.4, -0.2) is 51.7 Å². The Morgan fingerprint density at radius 2 is 2.03 bits per heavy atom. The zero-order chi connectivity index (χ0) is 21.5. The summed E-state index contributed by atoms with van der Waals surface area (Å²) < 4.78 is 32.9. The number of halogens is 1. The van der Waals surface area contributed by atoms with Gasteiger partial charge in [-0.05, 0) is 18.2 Å². The normalized spacial score (nSPS) is 14.0. The highest BCUT2D eigenvalue weighted by molar-refractivity contribution is 5.64. The number of hydrogen-bond acceptors (Lipinski definition) is 9. The van der Waals surface area contributed by atoms with Gasteiger partial charge in [0.05, 0.1) is 25.1 Å². The van der Waals surface area contributed by atoms with Gasteiger partial charge in [-0.3, -0.25) is 0 Å². The van der Waals surface area contributed by atoms with E-state index in [1.165, 1.54) is 23.5 Å². The van der Waals surface area contributed by atoms with Crippen LogP contribution < -0.4 is 21.5 Å². The number of anilines is 3. The van der Waals surface area contributed by atoms with Gasteiger partial charge in [-0.1, -0.05) is 0 Å². The average Bonchev–Trinajstić information content (AvgIpc) is 3.02. The zero-order valence-corrected chi connectivity index (χ0v) is 16.5. The molecular weight excluding hydrogens is 397 g/mol. The van der Waals surface area contributed by atoms with Crippen LogP contribution in [0.4, 0.5) is 21.8 Å². The molecule has 0 unspecified atom stereocenters. The lowest BCUT2D eigenvalue weighted by Crippen LogP contribution is -2.47. The Morgan fingerprint density at radius 3 is 2.70 bits per heavy atom. The average molecular weight is 417 g/mol. The number of nitrogens with one attached hydrogen (secondary N) is 1. The first-order valence-corrected chi connectivity index (χ1v) is 8.91. The second-order valence-electron chi connectivity index (χ2n) is 6.76. The summed E-state index contributed by atoms with van der Waals surface area (Å²) in [5.41, 5.74) is 5.04. The topological polar surface area (TPSA) is 131 Å². The Labute approximate surface area is 170 Å². The second kappa shape index (κ2) is 7.39. The number of fused-ring (bicyclic) bond motifs is 3. The largest absolute Gasteiger partial charge is 0.472 e. The van der Waals surface area contributed by atoms with Gasteiger partial charge in [-0.2, -0.15) is 10.1 Å². The molecule has 0 aliphatic carbocycles. The smallest absolute Gasteiger partial charge is 0.350 e. The molecule has 158 valence electrons. The van der Waals surface area contributed by atoms with Crippen LogP contribution in [0, 0.1) is 5.82 Å². The molecule has 1 aromatic carbocycles. The molecule has 30 heavy (non-hydrogen) atoms. The summed E-state index contributed by atoms with van der Waals surface area (Å²) in [6.07, 6.45) is 0.972. The predicted molar refractivity (Wildman–Crippen MR) is 105 cm³/mol. The molecule has 3 N–H and O–H groups in total. The maximum Gasteiger partial charge on any atom is 0.350 e. The van der Waals surface area contributed by atoms with Gasteiger partial charge in [0.1, 0.15) is 5.75 Å². The number of ether oxygens (including phenoxy) is 3. The van der Waals surface area contributed by atoms with Gasteiger partial charge in [0, 0.05) is 27.0 Å². The lowest BCUT2D eigenvalue weighted by Gasteiger charge is -2.36. The predicted octanol–water partition coefficient (Wildman–Crippen LogP) is 0.706. The first-order valence-electron chi connectivity index (χ1n) is 8.91. The third-order valence-electron chi connectivity index (χ3n) is 4.62. The van der Waals surface area contributed by atoms with Crippen LogP contribution in [0.1, 0.15) is 5.82 Å². The molecule has 4 rings (SSSR count). The summed E-state index contributed by atoms with van der Waals surface area (Å²) in [5.74, 6) is -0.0816. The minimum Gasteiger partial charge on any atom is -0.472 e. The van der Waals surface area contributed by atoms with Crippen LogP contribution >= 0.6 is 0 Å². The van der Waals surface area contributed by atoms with Crippen molar-refractivity contribution in [2.75, 3.05) is 38.5 Å². The molecule has 0 spiro atoms. The molecule has 1 aliphatic rings. The fourth-order valence-electron chi connectivity index (χ4n) is 3.35. The van der Waals surface area contributed by atoms with E-state index in [-0.39, 0.29) is 30.7 Å². The lowest BCUT2D eigenvalue weighted by atomic mass is 10.0. The second-order valence-corrected chi connectivity index (χ2v) is 6.76. The number of nitrogen functional groups attached to an aromatic ring is 1. The van der Waals surface area contributed by atoms with Crippen molar-refractivity contribution in [1.82, 2.24) is 24.3 Å². The van der Waals surface area contributed by atoms with Gasteiger partial charge in [0.25, 0.3) is 0 Å². The van der Waals surface area contributed by atoms with Crippen molar-refractivity contribution in [3.8, 4) is 11.4 Å². The number of rotatable bonds is 6. The summed E-state index contributed by atoms with van der Waals surface area (Å²) in [6.45, 7) is 0.249. The minimum absolute atomic E-state index is 0.109. The summed E-state index contributed by atoms with van der Waals surface area (Å²) in [6, 6.07) is 5.07. The van der Waals surface area contributed by atoms with E-state index in [9.17, 15) is 9.18 Å². The zero-order valence-electron chi connectivity index (χ0n) is 16.5. The third-order valence-corrected chi connectivity index (χ3v) is 4.62. The number of nitrogens with two attached hydrogens (primary N) is 1. The number of hydrogen-bond donors (Lipinski definition) is 2. The molecule has 11 nitrogen and oxygen atoms in total. The van der Waals surface area contributed by atoms with Crippen molar-refractivity contribution in [3.63, 3.8) is 0 Å². The van der Waals surface area contributed by atoms with E-state index in [0.29, 0.717) is 22.9 Å². The SMILES string of the molecule is COCC1(COC)Oc2ccc(Nc3ncc(F)c(N)n3)cc2-n2c1nn(C)c2=O. The van der Waals surface area contributed by atoms with Crippen molar-refractivity contribution >= 4 is 17.5 Å². The number of methoxy groups -OCH3 is 2. The minimum atomic E-state index is -1.10. The number of nitrogens with zero attached hydrogens (tertiary/aromatic N) is 5. The maximum atomic E-state index is 13.3. The van der Waals surface area contributed by atoms with Crippen molar-refractivity contribution in [2.24, 2.45) is 7.05 Å². The first-order chi connectivity index (χ1) is 14.4. The van der Waals surface area contributed by atoms with E-state index in [1.54, 1.807) is 25.2 Å². The molecule has 0 saturated heterocycles. The highest BCUT2D eigenvalue weighted by Gasteiger charge is 2.45. The van der Waals surface area contributed by atoms with Crippen LogP contribution in [0.15, 0.2) is 29.2 Å². The van der Waals surface area contributed by atoms with Crippen LogP contribution in [0.25, 0.3) is 5.69 Å². The van der Waals surface area contributed by atoms with Gasteiger partial charge in [-0.25, -0.2) is 23.4 Å². The summed E-state index contributed by atoms with van der Waals surface area (Å²) in [4.78, 5) is 20.6. The molecule has 12 heteroatoms. The van der Waals surface area contributed by atoms with Crippen molar-refractivity contribution < 1.29 is 18.6 Å². The van der Waals surface area contributed by atoms with Crippen LogP contribution in [-0.2, 0) is 22.1 Å². The number of aryl methyl sites for hydroxylation is 1. The maximum absolute atomic E-state index is 13.3. The van der Waals surface area contributed by atoms with E-state index in [1.807, 2.05) is 0 Å². The molecule has 0 amide bonds. The standard InChI is InChI=1S/C18H20FN7O4/c1-25-17(27)26-12-6-10(22-16-21-7-11(19)14(20)23-16)4-5-13(12)30-18(8-28-2,9-29-3)15(26)24-25/h4-7H,8-9H2,1-3H3,(H3,20,21,22,23). The molecule has 3 heterocycles. The number of benzene rings is 1. The molecule has 2 aromatic heterocycles. The highest BCUT2D eigenvalue weighted by Crippen LogP contribution is 2.39. The fraction of sp³-hybridized carbons (Fsp3) is 0.333. The molecule has 0 fully saturated rings. The Balaban J connectivity index is 1.80. The fourth-order valence-corrected chi connectivity index (χ4v) is 3.35. The summed E-state index contributed by atoms with van der Waals surface area (Å²) >= 11 is 0. The van der Waals surface area contributed by atoms with Gasteiger partial charge in [0.2, 0.25) is 11.5 Å². The number of aromatic nitrogens is 5. The molecule has 3 aromatic rings. The van der Waals surface area contributed by atoms with Crippen LogP contribution in [0.3, 0.4) is 0 Å². The van der Waals surface area contributed by atoms with Gasteiger partial charge >= 0.3 is 5.69 Å². The Kier molecular flexibility index (Phi) is 4.87. The van der Waals surface area contributed by atoms with Crippen LogP contribution in [0.2, 0.25) is 0 Å². The first kappa shape index (κ1) is 19.8. The Morgan fingerprint density at radius 1 is 1.30 bits per heavy atom. The third kappa shape index (κ3) is 3.15. The summed E-state index contributed by atoms with van der Waals surface area (Å²) in [7, 11) is 4.61. The van der Waals surface area contributed by atoms with Gasteiger partial charge in [0.15, 0.2) is 17.5 Å². The highest BCUT2D eigenvalue weighted by atomic mass is 19.1. The Bertz CT molecular complexity index is 1150. The molecule has 0 atom stereocenters. The van der Waals surface area contributed by atoms with E-state index < -0.39 is 11.4 Å². The van der Waals surface area contributed by atoms with E-state index in [2.05, 4.69) is 20.4 Å². The Hall–Kier alpha value is -3.51. The van der Waals surface area contributed by atoms with Crippen molar-refractivity contribution in [2.45, 2.75) is 5.60 Å². The van der Waals surface area contributed by atoms with Gasteiger partial charge in [-0.15, -0.1) is 0 Å². The van der Waals surface area contributed by atoms with E-state index in [0.717, 1.165) is 6.20 Å². The summed E-state index contributed by atoms with van der Waals surface area (Å²) in [5, 5.41) is 7.29. The molecule has 0 bridgehead atoms. The quantitative estimate of drug-likeness (QED) is 0.595. The molecular formula is C18H20FN7O4. The monoisotopic (exact) mass is 417 g/mol. The molecule has 0 radical (unpaired) electrons. The van der Waals surface area contributed by atoms with E-state index >= 15 is 0 Å².